The highest BCUT2D eigenvalue weighted by atomic mass is 35.5. The number of hydrogen-bond donors (Lipinski definition) is 1. The van der Waals surface area contributed by atoms with E-state index in [2.05, 4.69) is 14.9 Å². The fraction of sp³-hybridized carbons (Fsp3) is 0.231. The molecule has 0 saturated heterocycles. The minimum atomic E-state index is -3.69. The first kappa shape index (κ1) is 15.1. The lowest BCUT2D eigenvalue weighted by Crippen LogP contribution is -2.11. The standard InChI is InChI=1S/C13H10ClN3O3S3/c14-9-3-4-10(22-9)23(18,19)17-8-5-6-21-11(8)13-15-12(16-20-13)7-1-2-7/h3-7,17H,1-2H2. The van der Waals surface area contributed by atoms with E-state index < -0.39 is 10.0 Å². The summed E-state index contributed by atoms with van der Waals surface area (Å²) in [5, 5.41) is 5.73. The van der Waals surface area contributed by atoms with E-state index in [-0.39, 0.29) is 4.21 Å². The second kappa shape index (κ2) is 5.59. The van der Waals surface area contributed by atoms with Gasteiger partial charge in [-0.05, 0) is 36.4 Å². The van der Waals surface area contributed by atoms with Crippen molar-refractivity contribution in [2.75, 3.05) is 4.72 Å². The largest absolute Gasteiger partial charge is 0.333 e. The lowest BCUT2D eigenvalue weighted by atomic mass is 10.4. The Morgan fingerprint density at radius 1 is 1.30 bits per heavy atom. The molecule has 10 heteroatoms. The highest BCUT2D eigenvalue weighted by Crippen LogP contribution is 2.40. The van der Waals surface area contributed by atoms with E-state index in [0.717, 1.165) is 24.2 Å². The first-order valence-corrected chi connectivity index (χ1v) is 10.3. The Kier molecular flexibility index (Phi) is 3.67. The molecule has 1 aliphatic carbocycles. The van der Waals surface area contributed by atoms with Crippen LogP contribution in [0.15, 0.2) is 32.3 Å². The van der Waals surface area contributed by atoms with Crippen molar-refractivity contribution in [2.45, 2.75) is 23.0 Å². The van der Waals surface area contributed by atoms with Crippen LogP contribution < -0.4 is 4.72 Å². The van der Waals surface area contributed by atoms with Gasteiger partial charge in [0.2, 0.25) is 0 Å². The molecule has 4 rings (SSSR count). The zero-order chi connectivity index (χ0) is 16.0. The van der Waals surface area contributed by atoms with E-state index in [1.807, 2.05) is 0 Å². The second-order valence-electron chi connectivity index (χ2n) is 5.06. The maximum atomic E-state index is 12.4. The monoisotopic (exact) mass is 387 g/mol. The minimum Gasteiger partial charge on any atom is -0.333 e. The van der Waals surface area contributed by atoms with E-state index >= 15 is 0 Å². The molecule has 1 N–H and O–H groups in total. The Labute approximate surface area is 145 Å². The molecule has 1 aliphatic rings. The van der Waals surface area contributed by atoms with Gasteiger partial charge in [-0.15, -0.1) is 22.7 Å². The lowest BCUT2D eigenvalue weighted by Gasteiger charge is -2.05. The molecule has 3 aromatic rings. The zero-order valence-electron chi connectivity index (χ0n) is 11.5. The van der Waals surface area contributed by atoms with E-state index in [9.17, 15) is 8.42 Å². The van der Waals surface area contributed by atoms with Gasteiger partial charge in [-0.3, -0.25) is 4.72 Å². The van der Waals surface area contributed by atoms with Gasteiger partial charge in [-0.2, -0.15) is 4.98 Å². The van der Waals surface area contributed by atoms with Crippen LogP contribution in [0.3, 0.4) is 0 Å². The summed E-state index contributed by atoms with van der Waals surface area (Å²) in [5.74, 6) is 1.40. The molecule has 3 heterocycles. The first-order valence-electron chi connectivity index (χ1n) is 6.72. The van der Waals surface area contributed by atoms with Crippen LogP contribution in [0.2, 0.25) is 4.34 Å². The fourth-order valence-electron chi connectivity index (χ4n) is 2.03. The van der Waals surface area contributed by atoms with Crippen molar-refractivity contribution in [1.82, 2.24) is 10.1 Å². The molecule has 120 valence electrons. The van der Waals surface area contributed by atoms with Gasteiger partial charge in [0, 0.05) is 5.92 Å². The molecule has 0 bridgehead atoms. The summed E-state index contributed by atoms with van der Waals surface area (Å²) in [7, 11) is -3.69. The van der Waals surface area contributed by atoms with Crippen LogP contribution >= 0.6 is 34.3 Å². The Bertz CT molecular complexity index is 956. The van der Waals surface area contributed by atoms with Crippen LogP contribution in [0.4, 0.5) is 5.69 Å². The van der Waals surface area contributed by atoms with Crippen molar-refractivity contribution in [3.8, 4) is 10.8 Å². The van der Waals surface area contributed by atoms with Crippen molar-refractivity contribution >= 4 is 50.0 Å². The van der Waals surface area contributed by atoms with Gasteiger partial charge in [0.1, 0.15) is 9.09 Å². The third kappa shape index (κ3) is 3.01. The maximum Gasteiger partial charge on any atom is 0.271 e. The first-order chi connectivity index (χ1) is 11.0. The molecule has 0 aliphatic heterocycles. The van der Waals surface area contributed by atoms with Gasteiger partial charge < -0.3 is 4.52 Å². The van der Waals surface area contributed by atoms with Gasteiger partial charge in [-0.25, -0.2) is 8.42 Å². The van der Waals surface area contributed by atoms with Gasteiger partial charge in [0.15, 0.2) is 5.82 Å². The predicted octanol–water partition coefficient (Wildman–Crippen LogP) is 4.19. The SMILES string of the molecule is O=S(=O)(Nc1ccsc1-c1nc(C2CC2)no1)c1ccc(Cl)s1. The molecule has 0 unspecified atom stereocenters. The third-order valence-electron chi connectivity index (χ3n) is 3.30. The Morgan fingerprint density at radius 2 is 2.13 bits per heavy atom. The van der Waals surface area contributed by atoms with E-state index in [4.69, 9.17) is 16.1 Å². The molecule has 0 amide bonds. The summed E-state index contributed by atoms with van der Waals surface area (Å²) >= 11 is 8.15. The van der Waals surface area contributed by atoms with Gasteiger partial charge in [-0.1, -0.05) is 16.8 Å². The molecule has 0 radical (unpaired) electrons. The Morgan fingerprint density at radius 3 is 2.83 bits per heavy atom. The van der Waals surface area contributed by atoms with Gasteiger partial charge in [0.05, 0.1) is 10.0 Å². The fourth-order valence-corrected chi connectivity index (χ4v) is 5.42. The average molecular weight is 388 g/mol. The smallest absolute Gasteiger partial charge is 0.271 e. The van der Waals surface area contributed by atoms with Gasteiger partial charge >= 0.3 is 0 Å². The summed E-state index contributed by atoms with van der Waals surface area (Å²) < 4.78 is 33.2. The molecule has 0 spiro atoms. The number of nitrogens with zero attached hydrogens (tertiary/aromatic N) is 2. The maximum absolute atomic E-state index is 12.4. The van der Waals surface area contributed by atoms with Crippen LogP contribution in [-0.4, -0.2) is 18.6 Å². The molecule has 1 fully saturated rings. The van der Waals surface area contributed by atoms with Crippen molar-refractivity contribution in [2.24, 2.45) is 0 Å². The number of sulfonamides is 1. The highest BCUT2D eigenvalue weighted by Gasteiger charge is 2.30. The van der Waals surface area contributed by atoms with Crippen LogP contribution in [0, 0.1) is 0 Å². The topological polar surface area (TPSA) is 85.1 Å². The normalized spacial score (nSPS) is 15.0. The summed E-state index contributed by atoms with van der Waals surface area (Å²) in [4.78, 5) is 4.97. The number of aromatic nitrogens is 2. The molecule has 6 nitrogen and oxygen atoms in total. The number of nitrogens with one attached hydrogen (secondary N) is 1. The van der Waals surface area contributed by atoms with E-state index in [1.165, 1.54) is 17.4 Å². The highest BCUT2D eigenvalue weighted by molar-refractivity contribution is 7.94. The average Bonchev–Trinajstić information content (AvgIpc) is 2.91. The Hall–Kier alpha value is -1.42. The molecule has 0 atom stereocenters. The van der Waals surface area contributed by atoms with Crippen molar-refractivity contribution in [3.63, 3.8) is 0 Å². The molecular formula is C13H10ClN3O3S3. The third-order valence-corrected chi connectivity index (χ3v) is 7.29. The van der Waals surface area contributed by atoms with Crippen LogP contribution in [0.1, 0.15) is 24.6 Å². The summed E-state index contributed by atoms with van der Waals surface area (Å²) in [6.07, 6.45) is 2.14. The van der Waals surface area contributed by atoms with Crippen molar-refractivity contribution in [3.05, 3.63) is 33.7 Å². The molecule has 1 saturated carbocycles. The zero-order valence-corrected chi connectivity index (χ0v) is 14.7. The summed E-state index contributed by atoms with van der Waals surface area (Å²) in [5.41, 5.74) is 0.422. The number of anilines is 1. The molecule has 0 aromatic carbocycles. The minimum absolute atomic E-state index is 0.156. The predicted molar refractivity (Wildman–Crippen MR) is 89.7 cm³/mol. The van der Waals surface area contributed by atoms with E-state index in [0.29, 0.717) is 32.5 Å². The lowest BCUT2D eigenvalue weighted by molar-refractivity contribution is 0.423. The summed E-state index contributed by atoms with van der Waals surface area (Å²) in [6.45, 7) is 0. The number of thiophene rings is 2. The number of halogens is 1. The number of hydrogen-bond acceptors (Lipinski definition) is 7. The Balaban J connectivity index is 1.64. The van der Waals surface area contributed by atoms with Crippen LogP contribution in [0.25, 0.3) is 10.8 Å². The molecule has 3 aromatic heterocycles. The second-order valence-corrected chi connectivity index (χ2v) is 9.60. The number of rotatable bonds is 5. The van der Waals surface area contributed by atoms with Crippen LogP contribution in [-0.2, 0) is 10.0 Å². The molecular weight excluding hydrogens is 378 g/mol. The molecule has 23 heavy (non-hydrogen) atoms. The quantitative estimate of drug-likeness (QED) is 0.709. The van der Waals surface area contributed by atoms with Crippen molar-refractivity contribution in [1.29, 1.82) is 0 Å². The summed E-state index contributed by atoms with van der Waals surface area (Å²) in [6, 6.07) is 4.70. The van der Waals surface area contributed by atoms with Gasteiger partial charge in [0.25, 0.3) is 15.9 Å². The van der Waals surface area contributed by atoms with E-state index in [1.54, 1.807) is 17.5 Å². The van der Waals surface area contributed by atoms with Crippen LogP contribution in [0.5, 0.6) is 0 Å². The van der Waals surface area contributed by atoms with Crippen molar-refractivity contribution < 1.29 is 12.9 Å².